The van der Waals surface area contributed by atoms with Crippen molar-refractivity contribution < 1.29 is 14.5 Å². The Bertz CT molecular complexity index is 917. The zero-order chi connectivity index (χ0) is 17.6. The average molecular weight is 351 g/mol. The van der Waals surface area contributed by atoms with Gasteiger partial charge in [0.05, 0.1) is 5.56 Å². The molecule has 25 heavy (non-hydrogen) atoms. The van der Waals surface area contributed by atoms with Crippen LogP contribution in [-0.2, 0) is 6.54 Å². The van der Waals surface area contributed by atoms with Crippen LogP contribution in [0.25, 0.3) is 12.2 Å². The van der Waals surface area contributed by atoms with Crippen LogP contribution in [0.5, 0.6) is 0 Å². The van der Waals surface area contributed by atoms with Crippen molar-refractivity contribution in [3.8, 4) is 0 Å². The summed E-state index contributed by atoms with van der Waals surface area (Å²) in [5.74, 6) is -0.913. The van der Waals surface area contributed by atoms with Gasteiger partial charge in [-0.3, -0.25) is 0 Å². The molecule has 2 aromatic carbocycles. The van der Waals surface area contributed by atoms with Crippen LogP contribution in [-0.4, -0.2) is 11.1 Å². The van der Waals surface area contributed by atoms with E-state index >= 15 is 0 Å². The molecule has 0 spiro atoms. The van der Waals surface area contributed by atoms with Gasteiger partial charge < -0.3 is 5.11 Å². The molecule has 0 amide bonds. The number of aromatic nitrogens is 1. The summed E-state index contributed by atoms with van der Waals surface area (Å²) >= 11 is 6.02. The Hall–Kier alpha value is -2.91. The summed E-state index contributed by atoms with van der Waals surface area (Å²) < 4.78 is 2.11. The van der Waals surface area contributed by atoms with Gasteiger partial charge in [0, 0.05) is 28.8 Å². The summed E-state index contributed by atoms with van der Waals surface area (Å²) in [6, 6.07) is 20.6. The van der Waals surface area contributed by atoms with E-state index in [4.69, 9.17) is 16.7 Å². The van der Waals surface area contributed by atoms with Crippen LogP contribution in [0.3, 0.4) is 0 Å². The lowest BCUT2D eigenvalue weighted by atomic mass is 10.1. The lowest BCUT2D eigenvalue weighted by Gasteiger charge is -2.02. The first-order valence-corrected chi connectivity index (χ1v) is 8.24. The minimum Gasteiger partial charge on any atom is -0.478 e. The molecule has 0 aliphatic heterocycles. The highest BCUT2D eigenvalue weighted by Gasteiger charge is 2.09. The maximum atomic E-state index is 10.9. The molecule has 0 saturated heterocycles. The number of hydrogen-bond donors (Lipinski definition) is 1. The Morgan fingerprint density at radius 3 is 2.52 bits per heavy atom. The molecule has 124 valence electrons. The van der Waals surface area contributed by atoms with E-state index in [9.17, 15) is 4.79 Å². The minimum absolute atomic E-state index is 0.294. The van der Waals surface area contributed by atoms with Crippen LogP contribution in [0.2, 0.25) is 5.02 Å². The summed E-state index contributed by atoms with van der Waals surface area (Å²) in [6.45, 7) is 0.663. The number of pyridine rings is 1. The molecule has 0 bridgehead atoms. The van der Waals surface area contributed by atoms with E-state index in [1.807, 2.05) is 72.9 Å². The molecule has 0 unspecified atom stereocenters. The van der Waals surface area contributed by atoms with E-state index in [0.29, 0.717) is 17.1 Å². The number of halogens is 1. The quantitative estimate of drug-likeness (QED) is 0.686. The van der Waals surface area contributed by atoms with Crippen LogP contribution >= 0.6 is 11.6 Å². The zero-order valence-corrected chi connectivity index (χ0v) is 14.2. The maximum absolute atomic E-state index is 10.9. The molecule has 1 N–H and O–H groups in total. The summed E-state index contributed by atoms with van der Waals surface area (Å²) in [4.78, 5) is 10.9. The topological polar surface area (TPSA) is 41.2 Å². The number of benzene rings is 2. The highest BCUT2D eigenvalue weighted by atomic mass is 35.5. The van der Waals surface area contributed by atoms with Crippen molar-refractivity contribution in [2.24, 2.45) is 0 Å². The van der Waals surface area contributed by atoms with Gasteiger partial charge in [0.15, 0.2) is 12.7 Å². The fraction of sp³-hybridized carbons (Fsp3) is 0.0476. The smallest absolute Gasteiger partial charge is 0.335 e. The summed E-state index contributed by atoms with van der Waals surface area (Å²) in [6.07, 6.45) is 6.06. The third kappa shape index (κ3) is 4.55. The normalized spacial score (nSPS) is 10.9. The molecule has 4 heteroatoms. The van der Waals surface area contributed by atoms with Crippen LogP contribution in [0.4, 0.5) is 0 Å². The van der Waals surface area contributed by atoms with Crippen LogP contribution in [0, 0.1) is 0 Å². The van der Waals surface area contributed by atoms with Crippen molar-refractivity contribution in [3.05, 3.63) is 100 Å². The molecular weight excluding hydrogens is 334 g/mol. The van der Waals surface area contributed by atoms with Gasteiger partial charge in [0.2, 0.25) is 5.69 Å². The van der Waals surface area contributed by atoms with Crippen molar-refractivity contribution in [2.75, 3.05) is 0 Å². The number of carbonyl (C=O) groups is 1. The van der Waals surface area contributed by atoms with Gasteiger partial charge in [0.25, 0.3) is 0 Å². The number of hydrogen-bond acceptors (Lipinski definition) is 1. The Balaban J connectivity index is 1.82. The first kappa shape index (κ1) is 16.9. The lowest BCUT2D eigenvalue weighted by Crippen LogP contribution is -2.36. The molecule has 0 aliphatic rings. The molecule has 0 atom stereocenters. The van der Waals surface area contributed by atoms with Gasteiger partial charge in [0.1, 0.15) is 0 Å². The largest absolute Gasteiger partial charge is 0.478 e. The van der Waals surface area contributed by atoms with Gasteiger partial charge in [-0.05, 0) is 42.0 Å². The molecule has 1 aromatic heterocycles. The Labute approximate surface area is 151 Å². The van der Waals surface area contributed by atoms with Crippen molar-refractivity contribution in [3.63, 3.8) is 0 Å². The van der Waals surface area contributed by atoms with E-state index in [-0.39, 0.29) is 0 Å². The van der Waals surface area contributed by atoms with Crippen LogP contribution in [0.1, 0.15) is 27.2 Å². The third-order valence-electron chi connectivity index (χ3n) is 3.82. The highest BCUT2D eigenvalue weighted by molar-refractivity contribution is 6.30. The van der Waals surface area contributed by atoms with E-state index in [1.165, 1.54) is 0 Å². The second-order valence-corrected chi connectivity index (χ2v) is 6.08. The zero-order valence-electron chi connectivity index (χ0n) is 13.5. The van der Waals surface area contributed by atoms with Gasteiger partial charge in [-0.1, -0.05) is 35.9 Å². The van der Waals surface area contributed by atoms with Gasteiger partial charge in [-0.15, -0.1) is 0 Å². The number of aromatic carboxylic acids is 1. The second-order valence-electron chi connectivity index (χ2n) is 5.64. The standard InChI is InChI=1S/C21H16ClNO2/c22-19-5-3-4-16(14-19)9-12-20-6-1-2-13-23(20)15-17-7-10-18(11-8-17)21(24)25/h1-14H,15H2/p+1/b12-9+. The minimum atomic E-state index is -0.913. The molecule has 0 saturated carbocycles. The molecule has 0 fully saturated rings. The average Bonchev–Trinajstić information content (AvgIpc) is 2.61. The van der Waals surface area contributed by atoms with Crippen molar-refractivity contribution in [1.82, 2.24) is 0 Å². The first-order valence-electron chi connectivity index (χ1n) is 7.86. The fourth-order valence-corrected chi connectivity index (χ4v) is 2.72. The third-order valence-corrected chi connectivity index (χ3v) is 4.06. The monoisotopic (exact) mass is 350 g/mol. The predicted octanol–water partition coefficient (Wildman–Crippen LogP) is 4.54. The van der Waals surface area contributed by atoms with Gasteiger partial charge in [-0.2, -0.15) is 4.57 Å². The highest BCUT2D eigenvalue weighted by Crippen LogP contribution is 2.13. The Kier molecular flexibility index (Phi) is 5.26. The number of nitrogens with zero attached hydrogens (tertiary/aromatic N) is 1. The summed E-state index contributed by atoms with van der Waals surface area (Å²) in [5, 5.41) is 9.69. The Morgan fingerprint density at radius 2 is 1.80 bits per heavy atom. The molecule has 1 heterocycles. The first-order chi connectivity index (χ1) is 12.1. The number of carboxylic acid groups (broad SMARTS) is 1. The van der Waals surface area contributed by atoms with Crippen LogP contribution in [0.15, 0.2) is 72.9 Å². The van der Waals surface area contributed by atoms with Crippen molar-refractivity contribution in [1.29, 1.82) is 0 Å². The Morgan fingerprint density at radius 1 is 1.00 bits per heavy atom. The molecule has 3 nitrogen and oxygen atoms in total. The van der Waals surface area contributed by atoms with Crippen molar-refractivity contribution >= 4 is 29.7 Å². The van der Waals surface area contributed by atoms with Crippen molar-refractivity contribution in [2.45, 2.75) is 6.54 Å². The van der Waals surface area contributed by atoms with E-state index in [2.05, 4.69) is 4.57 Å². The fourth-order valence-electron chi connectivity index (χ4n) is 2.53. The molecule has 3 rings (SSSR count). The second kappa shape index (κ2) is 7.77. The van der Waals surface area contributed by atoms with Gasteiger partial charge in [-0.25, -0.2) is 4.79 Å². The van der Waals surface area contributed by atoms with Gasteiger partial charge >= 0.3 is 5.97 Å². The number of rotatable bonds is 5. The summed E-state index contributed by atoms with van der Waals surface area (Å²) in [5.41, 5.74) is 3.42. The summed E-state index contributed by atoms with van der Waals surface area (Å²) in [7, 11) is 0. The lowest BCUT2D eigenvalue weighted by molar-refractivity contribution is -0.690. The van der Waals surface area contributed by atoms with E-state index in [1.54, 1.807) is 12.1 Å². The SMILES string of the molecule is O=C(O)c1ccc(C[n+]2ccccc2/C=C/c2cccc(Cl)c2)cc1. The predicted molar refractivity (Wildman–Crippen MR) is 99.5 cm³/mol. The maximum Gasteiger partial charge on any atom is 0.335 e. The molecule has 0 radical (unpaired) electrons. The van der Waals surface area contributed by atoms with E-state index < -0.39 is 5.97 Å². The van der Waals surface area contributed by atoms with E-state index in [0.717, 1.165) is 16.8 Å². The molecular formula is C21H17ClNO2+. The van der Waals surface area contributed by atoms with Crippen LogP contribution < -0.4 is 4.57 Å². The number of carboxylic acids is 1. The molecule has 0 aliphatic carbocycles. The molecule has 3 aromatic rings.